The number of nitrogens with two attached hydrogens (primary N) is 1. The van der Waals surface area contributed by atoms with Crippen molar-refractivity contribution >= 4 is 29.1 Å². The predicted octanol–water partition coefficient (Wildman–Crippen LogP) is 4.24. The topological polar surface area (TPSA) is 101 Å². The molecule has 8 nitrogen and oxygen atoms in total. The molecule has 0 spiro atoms. The Morgan fingerprint density at radius 2 is 1.91 bits per heavy atom. The molecule has 2 aromatic carbocycles. The van der Waals surface area contributed by atoms with Crippen LogP contribution in [0.5, 0.6) is 0 Å². The van der Waals surface area contributed by atoms with E-state index >= 15 is 0 Å². The molecule has 0 saturated heterocycles. The van der Waals surface area contributed by atoms with Crippen LogP contribution in [0, 0.1) is 6.92 Å². The number of ether oxygens (including phenoxy) is 1. The van der Waals surface area contributed by atoms with E-state index in [1.165, 1.54) is 0 Å². The molecule has 0 saturated carbocycles. The van der Waals surface area contributed by atoms with Crippen molar-refractivity contribution in [3.8, 4) is 22.8 Å². The number of nitrogens with zero attached hydrogens (tertiary/aromatic N) is 5. The maximum Gasteiger partial charge on any atom is 0.294 e. The van der Waals surface area contributed by atoms with Crippen LogP contribution >= 0.6 is 11.6 Å². The molecule has 34 heavy (non-hydrogen) atoms. The Balaban J connectivity index is 1.58. The van der Waals surface area contributed by atoms with Crippen LogP contribution < -0.4 is 5.73 Å². The van der Waals surface area contributed by atoms with Gasteiger partial charge in [0.25, 0.3) is 6.47 Å². The first kappa shape index (κ1) is 21.8. The standard InChI is InChI=1S/C25H21ClN6O2/c1-16-9-11-31(30-16)19-6-7-20(21(26)13-19)25-29-22-8-10-28-14-23(22)32(25)18-4-2-17(3-5-18)12-24(27)34-15-33/h2-11,13-15,24H,12,27H2,1H3. The second kappa shape index (κ2) is 9.09. The third kappa shape index (κ3) is 4.16. The summed E-state index contributed by atoms with van der Waals surface area (Å²) in [6.07, 6.45) is 5.12. The third-order valence-corrected chi connectivity index (χ3v) is 5.81. The second-order valence-electron chi connectivity index (χ2n) is 7.84. The number of benzene rings is 2. The number of rotatable bonds is 7. The molecule has 0 bridgehead atoms. The number of aryl methyl sites for hydroxylation is 1. The normalized spacial score (nSPS) is 12.1. The fourth-order valence-electron chi connectivity index (χ4n) is 3.89. The highest BCUT2D eigenvalue weighted by atomic mass is 35.5. The first-order chi connectivity index (χ1) is 16.5. The van der Waals surface area contributed by atoms with Crippen molar-refractivity contribution in [2.24, 2.45) is 5.73 Å². The molecule has 0 aliphatic rings. The average Bonchev–Trinajstić information content (AvgIpc) is 3.43. The molecule has 9 heteroatoms. The molecule has 5 aromatic rings. The van der Waals surface area contributed by atoms with Crippen molar-refractivity contribution < 1.29 is 9.53 Å². The van der Waals surface area contributed by atoms with E-state index in [9.17, 15) is 4.79 Å². The Kier molecular flexibility index (Phi) is 5.83. The number of halogens is 1. The van der Waals surface area contributed by atoms with Crippen LogP contribution in [0.15, 0.2) is 73.2 Å². The Morgan fingerprint density at radius 3 is 2.62 bits per heavy atom. The number of aromatic nitrogens is 5. The van der Waals surface area contributed by atoms with Gasteiger partial charge in [-0.15, -0.1) is 0 Å². The molecule has 1 atom stereocenters. The summed E-state index contributed by atoms with van der Waals surface area (Å²) in [4.78, 5) is 19.7. The lowest BCUT2D eigenvalue weighted by atomic mass is 10.1. The molecule has 170 valence electrons. The summed E-state index contributed by atoms with van der Waals surface area (Å²) in [6, 6.07) is 17.4. The lowest BCUT2D eigenvalue weighted by molar-refractivity contribution is -0.133. The largest absolute Gasteiger partial charge is 0.449 e. The first-order valence-corrected chi connectivity index (χ1v) is 11.0. The Hall–Kier alpha value is -4.01. The van der Waals surface area contributed by atoms with Gasteiger partial charge in [-0.05, 0) is 55.0 Å². The molecule has 2 N–H and O–H groups in total. The summed E-state index contributed by atoms with van der Waals surface area (Å²) in [5, 5.41) is 5.02. The Bertz CT molecular complexity index is 1470. The van der Waals surface area contributed by atoms with E-state index in [0.717, 1.165) is 39.2 Å². The van der Waals surface area contributed by atoms with Gasteiger partial charge in [0.1, 0.15) is 5.82 Å². The van der Waals surface area contributed by atoms with Crippen molar-refractivity contribution in [1.29, 1.82) is 0 Å². The van der Waals surface area contributed by atoms with Gasteiger partial charge in [-0.2, -0.15) is 5.10 Å². The van der Waals surface area contributed by atoms with Crippen molar-refractivity contribution in [3.05, 3.63) is 89.5 Å². The van der Waals surface area contributed by atoms with E-state index in [-0.39, 0.29) is 0 Å². The molecule has 3 heterocycles. The minimum absolute atomic E-state index is 0.360. The summed E-state index contributed by atoms with van der Waals surface area (Å²) in [5.74, 6) is 0.699. The molecule has 1 unspecified atom stereocenters. The molecule has 0 amide bonds. The highest BCUT2D eigenvalue weighted by Crippen LogP contribution is 2.34. The lowest BCUT2D eigenvalue weighted by Crippen LogP contribution is -2.25. The predicted molar refractivity (Wildman–Crippen MR) is 130 cm³/mol. The summed E-state index contributed by atoms with van der Waals surface area (Å²) >= 11 is 6.75. The van der Waals surface area contributed by atoms with Gasteiger partial charge in [-0.25, -0.2) is 9.67 Å². The molecular formula is C25H21ClN6O2. The highest BCUT2D eigenvalue weighted by Gasteiger charge is 2.18. The van der Waals surface area contributed by atoms with Crippen LogP contribution in [0.2, 0.25) is 5.02 Å². The van der Waals surface area contributed by atoms with Gasteiger partial charge in [0.2, 0.25) is 0 Å². The van der Waals surface area contributed by atoms with Gasteiger partial charge in [-0.1, -0.05) is 23.7 Å². The van der Waals surface area contributed by atoms with E-state index in [1.807, 2.05) is 72.3 Å². The number of imidazole rings is 1. The number of pyridine rings is 1. The van der Waals surface area contributed by atoms with Gasteiger partial charge in [-0.3, -0.25) is 20.1 Å². The smallest absolute Gasteiger partial charge is 0.294 e. The van der Waals surface area contributed by atoms with Gasteiger partial charge >= 0.3 is 0 Å². The monoisotopic (exact) mass is 472 g/mol. The van der Waals surface area contributed by atoms with Crippen molar-refractivity contribution in [2.75, 3.05) is 0 Å². The quantitative estimate of drug-likeness (QED) is 0.281. The highest BCUT2D eigenvalue weighted by molar-refractivity contribution is 6.33. The fourth-order valence-corrected chi connectivity index (χ4v) is 4.14. The SMILES string of the molecule is Cc1ccn(-c2ccc(-c3nc4ccncc4n3-c3ccc(CC(N)OC=O)cc3)c(Cl)c2)n1. The molecule has 5 rings (SSSR count). The number of hydrogen-bond donors (Lipinski definition) is 1. The summed E-state index contributed by atoms with van der Waals surface area (Å²) in [7, 11) is 0. The van der Waals surface area contributed by atoms with E-state index in [0.29, 0.717) is 23.7 Å². The van der Waals surface area contributed by atoms with Crippen LogP contribution in [0.3, 0.4) is 0 Å². The zero-order valence-corrected chi connectivity index (χ0v) is 19.1. The van der Waals surface area contributed by atoms with Gasteiger partial charge in [0.15, 0.2) is 6.23 Å². The zero-order valence-electron chi connectivity index (χ0n) is 18.3. The minimum Gasteiger partial charge on any atom is -0.449 e. The van der Waals surface area contributed by atoms with Gasteiger partial charge in [0.05, 0.1) is 33.6 Å². The maximum atomic E-state index is 10.5. The van der Waals surface area contributed by atoms with Gasteiger partial charge < -0.3 is 4.74 Å². The van der Waals surface area contributed by atoms with Crippen LogP contribution in [0.1, 0.15) is 11.3 Å². The summed E-state index contributed by atoms with van der Waals surface area (Å²) in [6.45, 7) is 2.30. The van der Waals surface area contributed by atoms with E-state index in [1.54, 1.807) is 17.1 Å². The Morgan fingerprint density at radius 1 is 1.12 bits per heavy atom. The summed E-state index contributed by atoms with van der Waals surface area (Å²) < 4.78 is 8.60. The van der Waals surface area contributed by atoms with Crippen LogP contribution in [-0.2, 0) is 16.0 Å². The lowest BCUT2D eigenvalue weighted by Gasteiger charge is -2.13. The van der Waals surface area contributed by atoms with Crippen molar-refractivity contribution in [2.45, 2.75) is 19.6 Å². The van der Waals surface area contributed by atoms with Crippen LogP contribution in [0.4, 0.5) is 0 Å². The molecule has 0 aliphatic heterocycles. The van der Waals surface area contributed by atoms with Crippen molar-refractivity contribution in [1.82, 2.24) is 24.3 Å². The van der Waals surface area contributed by atoms with E-state index in [2.05, 4.69) is 10.1 Å². The summed E-state index contributed by atoms with van der Waals surface area (Å²) in [5.41, 5.74) is 11.9. The molecule has 0 aliphatic carbocycles. The minimum atomic E-state index is -0.687. The second-order valence-corrected chi connectivity index (χ2v) is 8.25. The number of hydrogen-bond acceptors (Lipinski definition) is 6. The molecular weight excluding hydrogens is 452 g/mol. The van der Waals surface area contributed by atoms with Crippen LogP contribution in [0.25, 0.3) is 33.8 Å². The number of carbonyl (C=O) groups excluding carboxylic acids is 1. The van der Waals surface area contributed by atoms with Crippen LogP contribution in [-0.4, -0.2) is 37.0 Å². The molecule has 0 radical (unpaired) electrons. The van der Waals surface area contributed by atoms with E-state index in [4.69, 9.17) is 27.1 Å². The first-order valence-electron chi connectivity index (χ1n) is 10.6. The van der Waals surface area contributed by atoms with E-state index < -0.39 is 6.23 Å². The average molecular weight is 473 g/mol. The van der Waals surface area contributed by atoms with Crippen molar-refractivity contribution in [3.63, 3.8) is 0 Å². The van der Waals surface area contributed by atoms with Gasteiger partial charge in [0, 0.05) is 30.1 Å². The fraction of sp³-hybridized carbons (Fsp3) is 0.120. The number of carbonyl (C=O) groups is 1. The zero-order chi connectivity index (χ0) is 23.7. The molecule has 0 fully saturated rings. The number of fused-ring (bicyclic) bond motifs is 1. The maximum absolute atomic E-state index is 10.5. The molecule has 3 aromatic heterocycles. The third-order valence-electron chi connectivity index (χ3n) is 5.50. The Labute approximate surface area is 200 Å².